The number of hydrogen-bond donors (Lipinski definition) is 1. The molecule has 9 nitrogen and oxygen atoms in total. The smallest absolute Gasteiger partial charge is 0.268 e. The topological polar surface area (TPSA) is 119 Å². The highest BCUT2D eigenvalue weighted by Gasteiger charge is 2.13. The molecule has 0 unspecified atom stereocenters. The molecule has 4 aromatic rings. The molecular weight excluding hydrogens is 442 g/mol. The van der Waals surface area contributed by atoms with Crippen LogP contribution in [0.3, 0.4) is 0 Å². The maximum Gasteiger partial charge on any atom is 0.271 e. The van der Waals surface area contributed by atoms with Gasteiger partial charge in [-0.1, -0.05) is 35.5 Å². The molecule has 0 aliphatic heterocycles. The summed E-state index contributed by atoms with van der Waals surface area (Å²) < 4.78 is 1.40. The van der Waals surface area contributed by atoms with Crippen LogP contribution in [0.2, 0.25) is 0 Å². The van der Waals surface area contributed by atoms with Gasteiger partial charge in [0.05, 0.1) is 16.7 Å². The van der Waals surface area contributed by atoms with E-state index in [-0.39, 0.29) is 22.4 Å². The second kappa shape index (κ2) is 9.45. The summed E-state index contributed by atoms with van der Waals surface area (Å²) in [6.07, 6.45) is 2.87. The fraction of sp³-hybridized carbons (Fsp3) is 0.0435. The number of nitro groups is 1. The first kappa shape index (κ1) is 21.9. The zero-order valence-electron chi connectivity index (χ0n) is 17.3. The molecule has 0 radical (unpaired) electrons. The number of fused-ring (bicyclic) bond motifs is 1. The minimum absolute atomic E-state index is 0.122. The van der Waals surface area contributed by atoms with Crippen molar-refractivity contribution in [1.29, 1.82) is 0 Å². The van der Waals surface area contributed by atoms with Crippen LogP contribution in [0.4, 0.5) is 5.69 Å². The predicted octanol–water partition coefficient (Wildman–Crippen LogP) is 3.83. The largest absolute Gasteiger partial charge is 0.271 e. The number of pyridine rings is 1. The van der Waals surface area contributed by atoms with Crippen molar-refractivity contribution in [2.45, 2.75) is 16.8 Å². The molecule has 164 valence electrons. The fourth-order valence-corrected chi connectivity index (χ4v) is 3.83. The zero-order chi connectivity index (χ0) is 23.4. The summed E-state index contributed by atoms with van der Waals surface area (Å²) in [4.78, 5) is 41.1. The molecule has 10 heteroatoms. The van der Waals surface area contributed by atoms with Crippen molar-refractivity contribution in [3.05, 3.63) is 110 Å². The van der Waals surface area contributed by atoms with Gasteiger partial charge in [-0.25, -0.2) is 10.4 Å². The number of rotatable bonds is 6. The predicted molar refractivity (Wildman–Crippen MR) is 125 cm³/mol. The number of nitrogens with one attached hydrogen (secondary N) is 1. The van der Waals surface area contributed by atoms with Crippen LogP contribution in [0, 0.1) is 17.0 Å². The van der Waals surface area contributed by atoms with Crippen LogP contribution in [-0.2, 0) is 0 Å². The summed E-state index contributed by atoms with van der Waals surface area (Å²) in [5, 5.41) is 15.1. The molecule has 0 saturated carbocycles. The molecule has 1 N–H and O–H groups in total. The Labute approximate surface area is 192 Å². The van der Waals surface area contributed by atoms with Crippen LogP contribution >= 0.6 is 11.8 Å². The van der Waals surface area contributed by atoms with Crippen molar-refractivity contribution < 1.29 is 9.72 Å². The number of non-ortho nitro benzene ring substituents is 1. The van der Waals surface area contributed by atoms with Crippen molar-refractivity contribution in [2.24, 2.45) is 5.10 Å². The van der Waals surface area contributed by atoms with Crippen LogP contribution in [0.15, 0.2) is 92.7 Å². The number of nitrogens with zero attached hydrogens (tertiary/aromatic N) is 4. The number of hydrogen-bond acceptors (Lipinski definition) is 7. The van der Waals surface area contributed by atoms with Crippen LogP contribution in [0.25, 0.3) is 5.65 Å². The summed E-state index contributed by atoms with van der Waals surface area (Å²) in [5.74, 6) is -0.567. The SMILES string of the molecule is Cc1ccc(Sc2nc3ccccn3c(=O)c2C=NNC(=O)c2ccc([N+](=O)[O-])cc2)cc1. The molecular formula is C23H17N5O4S. The Morgan fingerprint density at radius 3 is 2.55 bits per heavy atom. The lowest BCUT2D eigenvalue weighted by Gasteiger charge is -2.08. The highest BCUT2D eigenvalue weighted by atomic mass is 32.2. The molecule has 0 spiro atoms. The van der Waals surface area contributed by atoms with E-state index in [1.807, 2.05) is 31.2 Å². The van der Waals surface area contributed by atoms with E-state index in [9.17, 15) is 19.7 Å². The van der Waals surface area contributed by atoms with Crippen LogP contribution in [-0.4, -0.2) is 26.4 Å². The van der Waals surface area contributed by atoms with Crippen LogP contribution < -0.4 is 11.0 Å². The van der Waals surface area contributed by atoms with E-state index < -0.39 is 10.8 Å². The fourth-order valence-electron chi connectivity index (χ4n) is 2.94. The van der Waals surface area contributed by atoms with Gasteiger partial charge in [0, 0.05) is 28.8 Å². The van der Waals surface area contributed by atoms with E-state index in [0.29, 0.717) is 10.7 Å². The number of benzene rings is 2. The third kappa shape index (κ3) is 4.96. The van der Waals surface area contributed by atoms with Crippen molar-refractivity contribution in [2.75, 3.05) is 0 Å². The molecule has 0 bridgehead atoms. The third-order valence-electron chi connectivity index (χ3n) is 4.67. The standard InChI is InChI=1S/C23H17N5O4S/c1-15-5-11-18(12-6-15)33-22-19(23(30)27-13-3-2-4-20(27)25-22)14-24-26-21(29)16-7-9-17(10-8-16)28(31)32/h2-14H,1H3,(H,26,29). The molecule has 1 amide bonds. The summed E-state index contributed by atoms with van der Waals surface area (Å²) in [7, 11) is 0. The maximum absolute atomic E-state index is 13.1. The Morgan fingerprint density at radius 1 is 1.12 bits per heavy atom. The molecule has 33 heavy (non-hydrogen) atoms. The van der Waals surface area contributed by atoms with Gasteiger partial charge in [0.2, 0.25) is 0 Å². The number of aromatic nitrogens is 2. The monoisotopic (exact) mass is 459 g/mol. The molecule has 0 atom stereocenters. The molecule has 0 aliphatic carbocycles. The van der Waals surface area contributed by atoms with Gasteiger partial charge in [0.25, 0.3) is 17.2 Å². The molecule has 4 rings (SSSR count). The number of nitro benzene ring substituents is 1. The van der Waals surface area contributed by atoms with Crippen molar-refractivity contribution >= 4 is 35.2 Å². The Bertz CT molecular complexity index is 1430. The van der Waals surface area contributed by atoms with Gasteiger partial charge in [0.15, 0.2) is 0 Å². The second-order valence-corrected chi connectivity index (χ2v) is 8.05. The zero-order valence-corrected chi connectivity index (χ0v) is 18.2. The normalized spacial score (nSPS) is 11.1. The quantitative estimate of drug-likeness (QED) is 0.203. The van der Waals surface area contributed by atoms with E-state index in [4.69, 9.17) is 0 Å². The molecule has 0 aliphatic rings. The number of carbonyl (C=O) groups is 1. The summed E-state index contributed by atoms with van der Waals surface area (Å²) in [5.41, 5.74) is 3.91. The Morgan fingerprint density at radius 2 is 1.85 bits per heavy atom. The first-order valence-corrected chi connectivity index (χ1v) is 10.6. The number of amides is 1. The van der Waals surface area contributed by atoms with E-state index in [2.05, 4.69) is 15.5 Å². The van der Waals surface area contributed by atoms with Crippen LogP contribution in [0.1, 0.15) is 21.5 Å². The lowest BCUT2D eigenvalue weighted by molar-refractivity contribution is -0.384. The average Bonchev–Trinajstić information content (AvgIpc) is 2.82. The molecule has 2 heterocycles. The van der Waals surface area contributed by atoms with Crippen molar-refractivity contribution in [3.8, 4) is 0 Å². The van der Waals surface area contributed by atoms with Gasteiger partial charge in [-0.3, -0.25) is 24.1 Å². The first-order valence-electron chi connectivity index (χ1n) is 9.76. The van der Waals surface area contributed by atoms with Gasteiger partial charge < -0.3 is 0 Å². The highest BCUT2D eigenvalue weighted by Crippen LogP contribution is 2.27. The second-order valence-electron chi connectivity index (χ2n) is 6.98. The highest BCUT2D eigenvalue weighted by molar-refractivity contribution is 7.99. The Balaban J connectivity index is 1.63. The lowest BCUT2D eigenvalue weighted by atomic mass is 10.2. The van der Waals surface area contributed by atoms with E-state index in [0.717, 1.165) is 10.5 Å². The third-order valence-corrected chi connectivity index (χ3v) is 5.68. The molecule has 2 aromatic carbocycles. The molecule has 2 aromatic heterocycles. The number of aryl methyl sites for hydroxylation is 1. The Kier molecular flexibility index (Phi) is 6.27. The van der Waals surface area contributed by atoms with Gasteiger partial charge in [-0.05, 0) is 43.3 Å². The van der Waals surface area contributed by atoms with Gasteiger partial charge in [-0.15, -0.1) is 0 Å². The van der Waals surface area contributed by atoms with Crippen LogP contribution in [0.5, 0.6) is 0 Å². The van der Waals surface area contributed by atoms with E-state index >= 15 is 0 Å². The summed E-state index contributed by atoms with van der Waals surface area (Å²) in [6, 6.07) is 18.2. The van der Waals surface area contributed by atoms with Gasteiger partial charge in [-0.2, -0.15) is 5.10 Å². The summed E-state index contributed by atoms with van der Waals surface area (Å²) >= 11 is 1.32. The number of carbonyl (C=O) groups excluding carboxylic acids is 1. The number of hydrazone groups is 1. The van der Waals surface area contributed by atoms with Crippen molar-refractivity contribution in [3.63, 3.8) is 0 Å². The average molecular weight is 459 g/mol. The van der Waals surface area contributed by atoms with E-state index in [1.54, 1.807) is 24.4 Å². The molecule has 0 fully saturated rings. The Hall–Kier alpha value is -4.31. The molecule has 0 saturated heterocycles. The lowest BCUT2D eigenvalue weighted by Crippen LogP contribution is -2.22. The van der Waals surface area contributed by atoms with E-state index in [1.165, 1.54) is 46.6 Å². The van der Waals surface area contributed by atoms with Gasteiger partial charge in [0.1, 0.15) is 10.7 Å². The minimum atomic E-state index is -0.567. The van der Waals surface area contributed by atoms with Crippen molar-refractivity contribution in [1.82, 2.24) is 14.8 Å². The first-order chi connectivity index (χ1) is 15.9. The summed E-state index contributed by atoms with van der Waals surface area (Å²) in [6.45, 7) is 1.99. The minimum Gasteiger partial charge on any atom is -0.268 e. The maximum atomic E-state index is 13.1. The van der Waals surface area contributed by atoms with Gasteiger partial charge >= 0.3 is 0 Å².